The molecule has 1 fully saturated rings. The molecule has 0 radical (unpaired) electrons. The normalized spacial score (nSPS) is 15.7. The zero-order chi connectivity index (χ0) is 21.1. The van der Waals surface area contributed by atoms with Crippen molar-refractivity contribution in [2.75, 3.05) is 45.8 Å². The number of fused-ring (bicyclic) bond motifs is 1. The highest BCUT2D eigenvalue weighted by Crippen LogP contribution is 2.30. The molecule has 6 nitrogen and oxygen atoms in total. The number of hydrogen-bond acceptors (Lipinski definition) is 5. The van der Waals surface area contributed by atoms with Crippen molar-refractivity contribution in [3.05, 3.63) is 46.7 Å². The molecule has 0 bridgehead atoms. The first-order valence-electron chi connectivity index (χ1n) is 10.5. The molecule has 3 aromatic rings. The molecular formula is C22H28FN5OS. The largest absolute Gasteiger partial charge is 0.351 e. The number of thiophene rings is 1. The van der Waals surface area contributed by atoms with Crippen LogP contribution in [0.3, 0.4) is 0 Å². The molecule has 8 heteroatoms. The minimum atomic E-state index is -0.280. The Labute approximate surface area is 180 Å². The van der Waals surface area contributed by atoms with E-state index < -0.39 is 0 Å². The minimum absolute atomic E-state index is 0.0444. The van der Waals surface area contributed by atoms with Crippen LogP contribution in [0.4, 0.5) is 4.39 Å². The van der Waals surface area contributed by atoms with Gasteiger partial charge in [0.05, 0.1) is 16.3 Å². The summed E-state index contributed by atoms with van der Waals surface area (Å²) in [4.78, 5) is 19.2. The fraction of sp³-hybridized carbons (Fsp3) is 0.455. The quantitative estimate of drug-likeness (QED) is 0.586. The Kier molecular flexibility index (Phi) is 6.46. The van der Waals surface area contributed by atoms with E-state index in [1.165, 1.54) is 23.5 Å². The number of carbonyl (C=O) groups is 1. The van der Waals surface area contributed by atoms with Crippen molar-refractivity contribution in [2.24, 2.45) is 0 Å². The molecule has 3 heterocycles. The molecule has 4 rings (SSSR count). The highest BCUT2D eigenvalue weighted by atomic mass is 32.1. The number of halogens is 1. The van der Waals surface area contributed by atoms with Crippen molar-refractivity contribution in [1.29, 1.82) is 0 Å². The Morgan fingerprint density at radius 2 is 1.87 bits per heavy atom. The van der Waals surface area contributed by atoms with Crippen molar-refractivity contribution in [1.82, 2.24) is 24.9 Å². The third-order valence-electron chi connectivity index (χ3n) is 5.69. The lowest BCUT2D eigenvalue weighted by Crippen LogP contribution is -2.46. The van der Waals surface area contributed by atoms with Crippen LogP contribution in [-0.4, -0.2) is 71.3 Å². The summed E-state index contributed by atoms with van der Waals surface area (Å²) in [7, 11) is 0. The molecule has 0 saturated carbocycles. The third kappa shape index (κ3) is 4.55. The number of nitrogens with zero attached hydrogens (tertiary/aromatic N) is 4. The zero-order valence-corrected chi connectivity index (χ0v) is 18.3. The van der Waals surface area contributed by atoms with E-state index >= 15 is 0 Å². The Hall–Kier alpha value is -2.29. The fourth-order valence-electron chi connectivity index (χ4n) is 3.84. The van der Waals surface area contributed by atoms with E-state index in [2.05, 4.69) is 27.1 Å². The van der Waals surface area contributed by atoms with Gasteiger partial charge in [-0.05, 0) is 56.8 Å². The SMILES string of the molecule is CCN1CCN(CCCNC(=O)c2cc3c(C)nn(-c4ccc(F)cc4)c3s2)CC1. The number of amides is 1. The Morgan fingerprint density at radius 3 is 2.57 bits per heavy atom. The summed E-state index contributed by atoms with van der Waals surface area (Å²) < 4.78 is 15.0. The number of nitrogens with one attached hydrogen (secondary N) is 1. The standard InChI is InChI=1S/C22H28FN5OS/c1-3-26-11-13-27(14-12-26)10-4-9-24-21(29)20-15-19-16(2)25-28(22(19)30-20)18-7-5-17(23)6-8-18/h5-8,15H,3-4,9-14H2,1-2H3,(H,24,29). The van der Waals surface area contributed by atoms with Gasteiger partial charge in [0.15, 0.2) is 0 Å². The molecular weight excluding hydrogens is 401 g/mol. The number of aryl methyl sites for hydroxylation is 1. The molecule has 0 atom stereocenters. The van der Waals surface area contributed by atoms with Crippen molar-refractivity contribution in [3.8, 4) is 5.69 Å². The smallest absolute Gasteiger partial charge is 0.261 e. The third-order valence-corrected chi connectivity index (χ3v) is 6.80. The average molecular weight is 430 g/mol. The first-order valence-corrected chi connectivity index (χ1v) is 11.3. The van der Waals surface area contributed by atoms with Gasteiger partial charge in [-0.15, -0.1) is 11.3 Å². The lowest BCUT2D eigenvalue weighted by atomic mass is 10.2. The summed E-state index contributed by atoms with van der Waals surface area (Å²) in [5.74, 6) is -0.325. The predicted molar refractivity (Wildman–Crippen MR) is 119 cm³/mol. The highest BCUT2D eigenvalue weighted by molar-refractivity contribution is 7.20. The van der Waals surface area contributed by atoms with E-state index in [1.807, 2.05) is 13.0 Å². The van der Waals surface area contributed by atoms with Crippen LogP contribution in [-0.2, 0) is 0 Å². The predicted octanol–water partition coefficient (Wildman–Crippen LogP) is 3.29. The number of aromatic nitrogens is 2. The number of piperazine rings is 1. The van der Waals surface area contributed by atoms with Crippen LogP contribution in [0.2, 0.25) is 0 Å². The number of benzene rings is 1. The second-order valence-corrected chi connectivity index (χ2v) is 8.72. The Morgan fingerprint density at radius 1 is 1.17 bits per heavy atom. The Bertz CT molecular complexity index is 1000. The van der Waals surface area contributed by atoms with Gasteiger partial charge < -0.3 is 15.1 Å². The molecule has 30 heavy (non-hydrogen) atoms. The second kappa shape index (κ2) is 9.24. The van der Waals surface area contributed by atoms with Crippen LogP contribution in [0.25, 0.3) is 15.9 Å². The molecule has 1 saturated heterocycles. The van der Waals surface area contributed by atoms with Crippen LogP contribution < -0.4 is 5.32 Å². The van der Waals surface area contributed by atoms with E-state index in [1.54, 1.807) is 16.8 Å². The van der Waals surface area contributed by atoms with Gasteiger partial charge in [0, 0.05) is 38.1 Å². The van der Waals surface area contributed by atoms with Crippen molar-refractivity contribution in [2.45, 2.75) is 20.3 Å². The van der Waals surface area contributed by atoms with Gasteiger partial charge in [-0.2, -0.15) is 5.10 Å². The number of likely N-dealkylation sites (N-methyl/N-ethyl adjacent to an activating group) is 1. The molecule has 0 spiro atoms. The lowest BCUT2D eigenvalue weighted by molar-refractivity contribution is 0.0952. The molecule has 1 aromatic carbocycles. The van der Waals surface area contributed by atoms with Gasteiger partial charge >= 0.3 is 0 Å². The summed E-state index contributed by atoms with van der Waals surface area (Å²) >= 11 is 1.42. The fourth-order valence-corrected chi connectivity index (χ4v) is 4.94. The maximum Gasteiger partial charge on any atom is 0.261 e. The zero-order valence-electron chi connectivity index (χ0n) is 17.5. The molecule has 0 aliphatic carbocycles. The maximum atomic E-state index is 13.2. The second-order valence-electron chi connectivity index (χ2n) is 7.69. The van der Waals surface area contributed by atoms with Crippen LogP contribution >= 0.6 is 11.3 Å². The molecule has 0 unspecified atom stereocenters. The summed E-state index contributed by atoms with van der Waals surface area (Å²) in [6.07, 6.45) is 0.950. The summed E-state index contributed by atoms with van der Waals surface area (Å²) in [6.45, 7) is 11.4. The van der Waals surface area contributed by atoms with Crippen molar-refractivity contribution < 1.29 is 9.18 Å². The summed E-state index contributed by atoms with van der Waals surface area (Å²) in [5, 5.41) is 8.56. The van der Waals surface area contributed by atoms with E-state index in [9.17, 15) is 9.18 Å². The van der Waals surface area contributed by atoms with Crippen molar-refractivity contribution >= 4 is 27.5 Å². The van der Waals surface area contributed by atoms with E-state index in [4.69, 9.17) is 0 Å². The first kappa shape index (κ1) is 21.0. The average Bonchev–Trinajstić information content (AvgIpc) is 3.33. The molecule has 2 aromatic heterocycles. The van der Waals surface area contributed by atoms with Crippen LogP contribution in [0.1, 0.15) is 28.7 Å². The maximum absolute atomic E-state index is 13.2. The van der Waals surface area contributed by atoms with Gasteiger partial charge in [0.25, 0.3) is 5.91 Å². The molecule has 1 amide bonds. The van der Waals surface area contributed by atoms with Gasteiger partial charge in [-0.1, -0.05) is 6.92 Å². The summed E-state index contributed by atoms with van der Waals surface area (Å²) in [5.41, 5.74) is 1.64. The molecule has 1 N–H and O–H groups in total. The number of hydrogen-bond donors (Lipinski definition) is 1. The van der Waals surface area contributed by atoms with Gasteiger partial charge in [-0.25, -0.2) is 9.07 Å². The number of rotatable bonds is 7. The van der Waals surface area contributed by atoms with Gasteiger partial charge in [0.1, 0.15) is 10.6 Å². The topological polar surface area (TPSA) is 53.4 Å². The highest BCUT2D eigenvalue weighted by Gasteiger charge is 2.18. The van der Waals surface area contributed by atoms with Gasteiger partial charge in [0.2, 0.25) is 0 Å². The Balaban J connectivity index is 1.35. The van der Waals surface area contributed by atoms with Crippen molar-refractivity contribution in [3.63, 3.8) is 0 Å². The molecule has 160 valence electrons. The molecule has 1 aliphatic rings. The monoisotopic (exact) mass is 429 g/mol. The lowest BCUT2D eigenvalue weighted by Gasteiger charge is -2.33. The van der Waals surface area contributed by atoms with Gasteiger partial charge in [-0.3, -0.25) is 4.79 Å². The number of carbonyl (C=O) groups excluding carboxylic acids is 1. The first-order chi connectivity index (χ1) is 14.5. The van der Waals surface area contributed by atoms with Crippen LogP contribution in [0.5, 0.6) is 0 Å². The van der Waals surface area contributed by atoms with E-state index in [-0.39, 0.29) is 11.7 Å². The van der Waals surface area contributed by atoms with E-state index in [0.29, 0.717) is 11.4 Å². The van der Waals surface area contributed by atoms with Crippen LogP contribution in [0, 0.1) is 12.7 Å². The van der Waals surface area contributed by atoms with Crippen LogP contribution in [0.15, 0.2) is 30.3 Å². The summed E-state index contributed by atoms with van der Waals surface area (Å²) in [6, 6.07) is 8.13. The van der Waals surface area contributed by atoms with E-state index in [0.717, 1.165) is 67.3 Å². The molecule has 1 aliphatic heterocycles. The minimum Gasteiger partial charge on any atom is -0.351 e.